The molecule has 2 atom stereocenters. The van der Waals surface area contributed by atoms with Crippen molar-refractivity contribution in [2.45, 2.75) is 31.6 Å². The van der Waals surface area contributed by atoms with Crippen molar-refractivity contribution in [3.05, 3.63) is 174 Å². The second kappa shape index (κ2) is 12.4. The molecule has 2 aliphatic rings. The Labute approximate surface area is 288 Å². The normalized spacial score (nSPS) is 16.3. The fourth-order valence-corrected chi connectivity index (χ4v) is 7.52. The zero-order chi connectivity index (χ0) is 33.5. The lowest BCUT2D eigenvalue weighted by molar-refractivity contribution is 0.421. The number of hydrogen-bond donors (Lipinski definition) is 3. The lowest BCUT2D eigenvalue weighted by atomic mass is 9.81. The maximum Gasteiger partial charge on any atom is 0.105 e. The molecular formula is C45H38N4. The van der Waals surface area contributed by atoms with E-state index in [2.05, 4.69) is 163 Å². The molecule has 0 bridgehead atoms. The van der Waals surface area contributed by atoms with Gasteiger partial charge in [0, 0.05) is 5.41 Å². The first-order chi connectivity index (χ1) is 23.9. The Morgan fingerprint density at radius 3 is 2.02 bits per heavy atom. The van der Waals surface area contributed by atoms with Crippen LogP contribution in [0.15, 0.2) is 146 Å². The van der Waals surface area contributed by atoms with Crippen LogP contribution in [0.3, 0.4) is 0 Å². The van der Waals surface area contributed by atoms with Gasteiger partial charge in [-0.1, -0.05) is 111 Å². The van der Waals surface area contributed by atoms with Gasteiger partial charge in [0.2, 0.25) is 0 Å². The molecule has 49 heavy (non-hydrogen) atoms. The van der Waals surface area contributed by atoms with E-state index < -0.39 is 0 Å². The molecule has 6 aromatic rings. The predicted octanol–water partition coefficient (Wildman–Crippen LogP) is 9.69. The monoisotopic (exact) mass is 634 g/mol. The quantitative estimate of drug-likeness (QED) is 0.153. The molecular weight excluding hydrogens is 597 g/mol. The summed E-state index contributed by atoms with van der Waals surface area (Å²) in [6, 6.07) is 48.0. The molecule has 3 N–H and O–H groups in total. The molecule has 2 unspecified atom stereocenters. The number of rotatable bonds is 7. The van der Waals surface area contributed by atoms with Crippen molar-refractivity contribution in [2.75, 3.05) is 7.05 Å². The third-order valence-corrected chi connectivity index (χ3v) is 10.2. The zero-order valence-electron chi connectivity index (χ0n) is 28.0. The fraction of sp³-hybridized carbons (Fsp3) is 0.133. The number of nitrogens with zero attached hydrogens (tertiary/aromatic N) is 1. The third-order valence-electron chi connectivity index (χ3n) is 10.2. The van der Waals surface area contributed by atoms with E-state index in [4.69, 9.17) is 0 Å². The molecule has 0 saturated heterocycles. The topological polar surface area (TPSA) is 59.9 Å². The molecule has 6 aromatic carbocycles. The Morgan fingerprint density at radius 1 is 0.673 bits per heavy atom. The molecule has 0 fully saturated rings. The minimum absolute atomic E-state index is 0.0353. The van der Waals surface area contributed by atoms with Crippen molar-refractivity contribution in [1.29, 1.82) is 5.26 Å². The van der Waals surface area contributed by atoms with Crippen LogP contribution in [0.25, 0.3) is 49.7 Å². The van der Waals surface area contributed by atoms with Crippen LogP contribution in [-0.4, -0.2) is 13.2 Å². The molecule has 1 aliphatic heterocycles. The molecule has 0 aromatic heterocycles. The summed E-state index contributed by atoms with van der Waals surface area (Å²) in [5.74, 6) is 0. The average molecular weight is 635 g/mol. The van der Waals surface area contributed by atoms with Crippen molar-refractivity contribution in [2.24, 2.45) is 0 Å². The van der Waals surface area contributed by atoms with Gasteiger partial charge in [0.1, 0.15) is 6.17 Å². The number of dihydropyridines is 1. The first kappa shape index (κ1) is 30.6. The van der Waals surface area contributed by atoms with Crippen LogP contribution in [0.5, 0.6) is 0 Å². The smallest absolute Gasteiger partial charge is 0.105 e. The van der Waals surface area contributed by atoms with Gasteiger partial charge < -0.3 is 10.6 Å². The van der Waals surface area contributed by atoms with E-state index in [9.17, 15) is 5.26 Å². The Kier molecular flexibility index (Phi) is 7.73. The molecule has 1 aliphatic carbocycles. The van der Waals surface area contributed by atoms with E-state index in [0.29, 0.717) is 5.56 Å². The van der Waals surface area contributed by atoms with Crippen LogP contribution in [0.1, 0.15) is 47.8 Å². The summed E-state index contributed by atoms with van der Waals surface area (Å²) in [4.78, 5) is 0. The molecule has 0 spiro atoms. The van der Waals surface area contributed by atoms with Gasteiger partial charge in [-0.15, -0.1) is 0 Å². The Hall–Kier alpha value is -5.73. The van der Waals surface area contributed by atoms with Crippen molar-refractivity contribution in [3.8, 4) is 39.4 Å². The number of hydrogen-bond acceptors (Lipinski definition) is 4. The van der Waals surface area contributed by atoms with Gasteiger partial charge in [0.15, 0.2) is 0 Å². The van der Waals surface area contributed by atoms with Gasteiger partial charge in [-0.05, 0) is 128 Å². The highest BCUT2D eigenvalue weighted by Crippen LogP contribution is 2.50. The third kappa shape index (κ3) is 5.54. The minimum Gasteiger partial charge on any atom is -0.372 e. The van der Waals surface area contributed by atoms with Crippen molar-refractivity contribution in [1.82, 2.24) is 16.0 Å². The largest absolute Gasteiger partial charge is 0.372 e. The summed E-state index contributed by atoms with van der Waals surface area (Å²) in [6.45, 7) is 4.52. The summed E-state index contributed by atoms with van der Waals surface area (Å²) in [6.07, 6.45) is 6.12. The van der Waals surface area contributed by atoms with E-state index in [0.717, 1.165) is 0 Å². The maximum atomic E-state index is 9.50. The first-order valence-corrected chi connectivity index (χ1v) is 16.9. The van der Waals surface area contributed by atoms with Crippen LogP contribution in [0.2, 0.25) is 0 Å². The van der Waals surface area contributed by atoms with Gasteiger partial charge in [-0.3, -0.25) is 5.32 Å². The number of fused-ring (bicyclic) bond motifs is 4. The summed E-state index contributed by atoms with van der Waals surface area (Å²) >= 11 is 0. The Bertz CT molecular complexity index is 2320. The number of nitrogens with one attached hydrogen (secondary N) is 3. The molecule has 4 nitrogen and oxygen atoms in total. The molecule has 0 amide bonds. The molecule has 238 valence electrons. The van der Waals surface area contributed by atoms with Crippen molar-refractivity contribution >= 4 is 16.3 Å². The first-order valence-electron chi connectivity index (χ1n) is 16.9. The van der Waals surface area contributed by atoms with Gasteiger partial charge in [-0.25, -0.2) is 0 Å². The predicted molar refractivity (Wildman–Crippen MR) is 203 cm³/mol. The second-order valence-corrected chi connectivity index (χ2v) is 13.5. The van der Waals surface area contributed by atoms with Gasteiger partial charge in [-0.2, -0.15) is 5.26 Å². The van der Waals surface area contributed by atoms with E-state index >= 15 is 0 Å². The van der Waals surface area contributed by atoms with Crippen LogP contribution >= 0.6 is 0 Å². The van der Waals surface area contributed by atoms with E-state index in [1.54, 1.807) is 0 Å². The SMILES string of the molecule is CNC(NC1NC=CC=C1c1ccccc1)c1cccc(-c2ccc3cc(-c4ccc5c(c4)C(C)(C)c4cc(C#N)ccc4-5)ccc3c2)c1. The van der Waals surface area contributed by atoms with Gasteiger partial charge >= 0.3 is 0 Å². The summed E-state index contributed by atoms with van der Waals surface area (Å²) in [5, 5.41) is 22.7. The summed E-state index contributed by atoms with van der Waals surface area (Å²) < 4.78 is 0. The second-order valence-electron chi connectivity index (χ2n) is 13.5. The van der Waals surface area contributed by atoms with E-state index in [1.165, 1.54) is 72.0 Å². The standard InChI is InChI=1S/C45H38N4/c1-45(2)41-23-29(28-46)14-20-39(41)40-21-19-36(27-42(40)45)35-18-17-33-24-32(15-16-34(33)25-35)31-11-7-12-37(26-31)43(47-3)49-44-38(13-8-22-48-44)30-9-5-4-6-10-30/h4-27,43-44,47-49H,1-3H3. The lowest BCUT2D eigenvalue weighted by Crippen LogP contribution is -2.47. The Balaban J connectivity index is 1.05. The summed E-state index contributed by atoms with van der Waals surface area (Å²) in [7, 11) is 1.99. The van der Waals surface area contributed by atoms with Gasteiger partial charge in [0.25, 0.3) is 0 Å². The van der Waals surface area contributed by atoms with Crippen LogP contribution in [0, 0.1) is 11.3 Å². The minimum atomic E-state index is -0.166. The highest BCUT2D eigenvalue weighted by atomic mass is 15.2. The fourth-order valence-electron chi connectivity index (χ4n) is 7.52. The van der Waals surface area contributed by atoms with Crippen molar-refractivity contribution < 1.29 is 0 Å². The maximum absolute atomic E-state index is 9.50. The lowest BCUT2D eigenvalue weighted by Gasteiger charge is -2.30. The highest BCUT2D eigenvalue weighted by Gasteiger charge is 2.35. The highest BCUT2D eigenvalue weighted by molar-refractivity contribution is 5.92. The van der Waals surface area contributed by atoms with Crippen LogP contribution in [0.4, 0.5) is 0 Å². The molecule has 0 radical (unpaired) electrons. The molecule has 8 rings (SSSR count). The number of nitriles is 1. The Morgan fingerprint density at radius 2 is 1.31 bits per heavy atom. The van der Waals surface area contributed by atoms with E-state index in [1.807, 2.05) is 25.4 Å². The molecule has 1 heterocycles. The number of benzene rings is 6. The average Bonchev–Trinajstić information content (AvgIpc) is 3.38. The van der Waals surface area contributed by atoms with Crippen LogP contribution < -0.4 is 16.0 Å². The molecule has 4 heteroatoms. The van der Waals surface area contributed by atoms with Crippen molar-refractivity contribution in [3.63, 3.8) is 0 Å². The summed E-state index contributed by atoms with van der Waals surface area (Å²) in [5.41, 5.74) is 13.9. The number of allylic oxidation sites excluding steroid dienone is 2. The zero-order valence-corrected chi connectivity index (χ0v) is 28.0. The van der Waals surface area contributed by atoms with E-state index in [-0.39, 0.29) is 17.7 Å². The van der Waals surface area contributed by atoms with Crippen LogP contribution in [-0.2, 0) is 5.41 Å². The molecule has 0 saturated carbocycles. The van der Waals surface area contributed by atoms with Gasteiger partial charge in [0.05, 0.1) is 17.8 Å².